The van der Waals surface area contributed by atoms with Crippen molar-refractivity contribution >= 4 is 33.3 Å². The molecule has 0 amide bonds. The molecule has 152 valence electrons. The fourth-order valence-corrected chi connectivity index (χ4v) is 7.14. The van der Waals surface area contributed by atoms with Gasteiger partial charge in [-0.05, 0) is 97.7 Å². The fourth-order valence-electron chi connectivity index (χ4n) is 7.14. The quantitative estimate of drug-likeness (QED) is 0.340. The Labute approximate surface area is 175 Å². The summed E-state index contributed by atoms with van der Waals surface area (Å²) in [7, 11) is 0. The number of aromatic amines is 2. The predicted octanol–water partition coefficient (Wildman–Crippen LogP) is 5.54. The average molecular weight is 398 g/mol. The van der Waals surface area contributed by atoms with E-state index in [-0.39, 0.29) is 0 Å². The van der Waals surface area contributed by atoms with Crippen LogP contribution in [0.15, 0.2) is 30.3 Å². The molecular weight excluding hydrogens is 370 g/mol. The largest absolute Gasteiger partial charge is 0.382 e. The Balaban J connectivity index is 1.45. The Bertz CT molecular complexity index is 1330. The third-order valence-electron chi connectivity index (χ3n) is 8.49. The number of nitrogens with one attached hydrogen (secondary N) is 3. The van der Waals surface area contributed by atoms with Crippen molar-refractivity contribution in [1.29, 1.82) is 0 Å². The lowest BCUT2D eigenvalue weighted by Crippen LogP contribution is -2.35. The molecule has 0 spiro atoms. The van der Waals surface area contributed by atoms with Gasteiger partial charge in [-0.3, -0.25) is 5.10 Å². The topological polar surface area (TPSA) is 82.5 Å². The molecule has 2 aromatic carbocycles. The zero-order chi connectivity index (χ0) is 20.1. The highest BCUT2D eigenvalue weighted by atomic mass is 15.1. The van der Waals surface area contributed by atoms with Gasteiger partial charge in [-0.25, -0.2) is 0 Å². The standard InChI is InChI=1S/C25H27N5/c1-11-12(2)27-18-7-8-19-23(20(11)18)21-13-3-4-14(9-13)22(21)24(28-19)15-5-6-17-16(10-15)25(26)30-29-17/h5-8,10,13-14,21-22,24,27-28H,3-4,9H2,1-2H3,(H3,26,29,30)/t13-,14-,21+,22-,24+/m1/s1. The highest BCUT2D eigenvalue weighted by Gasteiger charge is 2.54. The van der Waals surface area contributed by atoms with E-state index in [0.29, 0.717) is 23.7 Å². The van der Waals surface area contributed by atoms with Gasteiger partial charge >= 0.3 is 0 Å². The minimum atomic E-state index is 0.328. The third-order valence-corrected chi connectivity index (χ3v) is 8.49. The summed E-state index contributed by atoms with van der Waals surface area (Å²) in [6.07, 6.45) is 4.13. The first-order valence-corrected chi connectivity index (χ1v) is 11.2. The van der Waals surface area contributed by atoms with E-state index in [4.69, 9.17) is 5.73 Å². The van der Waals surface area contributed by atoms with Crippen LogP contribution in [-0.4, -0.2) is 15.2 Å². The normalized spacial score (nSPS) is 29.3. The lowest BCUT2D eigenvalue weighted by atomic mass is 9.67. The van der Waals surface area contributed by atoms with Crippen molar-refractivity contribution in [2.75, 3.05) is 11.1 Å². The van der Waals surface area contributed by atoms with Crippen LogP contribution in [0.3, 0.4) is 0 Å². The van der Waals surface area contributed by atoms with Gasteiger partial charge in [-0.15, -0.1) is 0 Å². The van der Waals surface area contributed by atoms with Crippen LogP contribution in [-0.2, 0) is 0 Å². The van der Waals surface area contributed by atoms with E-state index < -0.39 is 0 Å². The SMILES string of the molecule is Cc1[nH]c2ccc3c(c2c1C)[C@H]1[C@@H]2CC[C@H](C2)[C@H]1[C@H](c1ccc2[nH]nc(N)c2c1)N3. The highest BCUT2D eigenvalue weighted by molar-refractivity contribution is 5.93. The van der Waals surface area contributed by atoms with Crippen LogP contribution in [0.5, 0.6) is 0 Å². The summed E-state index contributed by atoms with van der Waals surface area (Å²) in [5.74, 6) is 3.49. The summed E-state index contributed by atoms with van der Waals surface area (Å²) in [5.41, 5.74) is 15.4. The molecule has 2 saturated carbocycles. The van der Waals surface area contributed by atoms with Crippen LogP contribution < -0.4 is 11.1 Å². The van der Waals surface area contributed by atoms with Crippen molar-refractivity contribution in [3.8, 4) is 0 Å². The number of benzene rings is 2. The number of hydrogen-bond donors (Lipinski definition) is 4. The molecule has 0 saturated heterocycles. The molecule has 2 aromatic heterocycles. The van der Waals surface area contributed by atoms with Gasteiger partial charge in [0.05, 0.1) is 11.6 Å². The number of H-pyrrole nitrogens is 2. The molecule has 7 rings (SSSR count). The zero-order valence-corrected chi connectivity index (χ0v) is 17.4. The van der Waals surface area contributed by atoms with Crippen LogP contribution in [0, 0.1) is 31.6 Å². The van der Waals surface area contributed by atoms with Crippen LogP contribution in [0.1, 0.15) is 53.6 Å². The summed E-state index contributed by atoms with van der Waals surface area (Å²) in [6, 6.07) is 11.5. The second-order valence-corrected chi connectivity index (χ2v) is 9.80. The minimum Gasteiger partial charge on any atom is -0.382 e. The Morgan fingerprint density at radius 2 is 1.87 bits per heavy atom. The molecule has 0 radical (unpaired) electrons. The molecule has 1 aliphatic heterocycles. The van der Waals surface area contributed by atoms with E-state index in [1.54, 1.807) is 5.56 Å². The molecule has 2 fully saturated rings. The van der Waals surface area contributed by atoms with Crippen molar-refractivity contribution in [2.45, 2.75) is 45.1 Å². The minimum absolute atomic E-state index is 0.328. The van der Waals surface area contributed by atoms with E-state index in [9.17, 15) is 0 Å². The number of aryl methyl sites for hydroxylation is 2. The second kappa shape index (κ2) is 5.60. The molecule has 0 unspecified atom stereocenters. The van der Waals surface area contributed by atoms with Crippen molar-refractivity contribution in [2.24, 2.45) is 17.8 Å². The van der Waals surface area contributed by atoms with E-state index in [0.717, 1.165) is 22.7 Å². The summed E-state index contributed by atoms with van der Waals surface area (Å²) >= 11 is 0. The number of nitrogens with zero attached hydrogens (tertiary/aromatic N) is 1. The van der Waals surface area contributed by atoms with Crippen molar-refractivity contribution in [3.05, 3.63) is 52.7 Å². The monoisotopic (exact) mass is 397 g/mol. The summed E-state index contributed by atoms with van der Waals surface area (Å²) in [5, 5.41) is 13.7. The molecule has 4 aromatic rings. The first-order valence-electron chi connectivity index (χ1n) is 11.2. The lowest BCUT2D eigenvalue weighted by molar-refractivity contribution is 0.249. The molecule has 5 atom stereocenters. The lowest BCUT2D eigenvalue weighted by Gasteiger charge is -2.44. The van der Waals surface area contributed by atoms with Crippen LogP contribution in [0.4, 0.5) is 11.5 Å². The maximum atomic E-state index is 6.13. The molecule has 30 heavy (non-hydrogen) atoms. The van der Waals surface area contributed by atoms with E-state index in [1.807, 2.05) is 0 Å². The van der Waals surface area contributed by atoms with Crippen molar-refractivity contribution < 1.29 is 0 Å². The number of nitrogen functional groups attached to an aromatic ring is 1. The van der Waals surface area contributed by atoms with Crippen LogP contribution in [0.25, 0.3) is 21.8 Å². The van der Waals surface area contributed by atoms with Gasteiger partial charge < -0.3 is 16.0 Å². The van der Waals surface area contributed by atoms with E-state index in [2.05, 4.69) is 64.7 Å². The molecule has 2 aliphatic carbocycles. The number of aromatic nitrogens is 3. The number of rotatable bonds is 1. The van der Waals surface area contributed by atoms with Crippen molar-refractivity contribution in [3.63, 3.8) is 0 Å². The molecule has 5 nitrogen and oxygen atoms in total. The highest BCUT2D eigenvalue weighted by Crippen LogP contribution is 2.64. The van der Waals surface area contributed by atoms with Gasteiger partial charge in [0.25, 0.3) is 0 Å². The maximum absolute atomic E-state index is 6.13. The molecule has 5 heteroatoms. The van der Waals surface area contributed by atoms with E-state index >= 15 is 0 Å². The second-order valence-electron chi connectivity index (χ2n) is 9.80. The summed E-state index contributed by atoms with van der Waals surface area (Å²) < 4.78 is 0. The average Bonchev–Trinajstić information content (AvgIpc) is 3.52. The number of anilines is 2. The van der Waals surface area contributed by atoms with E-state index in [1.165, 1.54) is 52.7 Å². The first-order chi connectivity index (χ1) is 14.6. The van der Waals surface area contributed by atoms with Gasteiger partial charge in [-0.2, -0.15) is 5.10 Å². The van der Waals surface area contributed by atoms with Crippen LogP contribution in [0.2, 0.25) is 0 Å². The fraction of sp³-hybridized carbons (Fsp3) is 0.400. The molecule has 3 aliphatic rings. The molecule has 2 bridgehead atoms. The summed E-state index contributed by atoms with van der Waals surface area (Å²) in [4.78, 5) is 3.62. The third kappa shape index (κ3) is 2.00. The zero-order valence-electron chi connectivity index (χ0n) is 17.4. The van der Waals surface area contributed by atoms with Gasteiger partial charge in [0.15, 0.2) is 5.82 Å². The predicted molar refractivity (Wildman–Crippen MR) is 122 cm³/mol. The maximum Gasteiger partial charge on any atom is 0.153 e. The molecule has 5 N–H and O–H groups in total. The van der Waals surface area contributed by atoms with Gasteiger partial charge in [-0.1, -0.05) is 6.07 Å². The van der Waals surface area contributed by atoms with Gasteiger partial charge in [0, 0.05) is 27.7 Å². The number of nitrogens with two attached hydrogens (primary N) is 1. The number of hydrogen-bond acceptors (Lipinski definition) is 3. The van der Waals surface area contributed by atoms with Gasteiger partial charge in [0.2, 0.25) is 0 Å². The Hall–Kier alpha value is -2.95. The Morgan fingerprint density at radius 3 is 2.77 bits per heavy atom. The molecular formula is C25H27N5. The van der Waals surface area contributed by atoms with Crippen molar-refractivity contribution in [1.82, 2.24) is 15.2 Å². The summed E-state index contributed by atoms with van der Waals surface area (Å²) in [6.45, 7) is 4.47. The molecule has 3 heterocycles. The van der Waals surface area contributed by atoms with Gasteiger partial charge in [0.1, 0.15) is 0 Å². The number of fused-ring (bicyclic) bond motifs is 10. The first kappa shape index (κ1) is 16.8. The smallest absolute Gasteiger partial charge is 0.153 e. The van der Waals surface area contributed by atoms with Crippen LogP contribution >= 0.6 is 0 Å². The Kier molecular flexibility index (Phi) is 3.13. The Morgan fingerprint density at radius 1 is 1.03 bits per heavy atom.